The van der Waals surface area contributed by atoms with Crippen LogP contribution in [-0.4, -0.2) is 26.8 Å². The SMILES string of the molecule is CC1NNC(C)C1Cc1nc(C2CC2)nn1CCc1ccccc1. The van der Waals surface area contributed by atoms with E-state index in [0.717, 1.165) is 31.0 Å². The molecule has 24 heavy (non-hydrogen) atoms. The molecule has 1 aromatic heterocycles. The third kappa shape index (κ3) is 3.37. The van der Waals surface area contributed by atoms with E-state index in [0.29, 0.717) is 23.9 Å². The van der Waals surface area contributed by atoms with Crippen molar-refractivity contribution in [1.29, 1.82) is 0 Å². The summed E-state index contributed by atoms with van der Waals surface area (Å²) in [6.07, 6.45) is 4.49. The van der Waals surface area contributed by atoms with Crippen molar-refractivity contribution in [1.82, 2.24) is 25.6 Å². The van der Waals surface area contributed by atoms with Crippen molar-refractivity contribution in [2.45, 2.75) is 64.1 Å². The van der Waals surface area contributed by atoms with Gasteiger partial charge in [-0.15, -0.1) is 0 Å². The van der Waals surface area contributed by atoms with Gasteiger partial charge in [0.2, 0.25) is 0 Å². The van der Waals surface area contributed by atoms with Gasteiger partial charge in [0.05, 0.1) is 0 Å². The Morgan fingerprint density at radius 1 is 1.08 bits per heavy atom. The van der Waals surface area contributed by atoms with Gasteiger partial charge in [0, 0.05) is 31.0 Å². The Bertz CT molecular complexity index is 666. The quantitative estimate of drug-likeness (QED) is 0.856. The molecule has 128 valence electrons. The Morgan fingerprint density at radius 3 is 2.46 bits per heavy atom. The zero-order valence-corrected chi connectivity index (χ0v) is 14.6. The average Bonchev–Trinajstić information content (AvgIpc) is 3.31. The summed E-state index contributed by atoms with van der Waals surface area (Å²) in [4.78, 5) is 4.91. The standard InChI is InChI=1S/C19H27N5/c1-13-17(14(2)22-21-13)12-18-20-19(16-8-9-16)23-24(18)11-10-15-6-4-3-5-7-15/h3-7,13-14,16-17,21-22H,8-12H2,1-2H3. The van der Waals surface area contributed by atoms with E-state index in [9.17, 15) is 0 Å². The summed E-state index contributed by atoms with van der Waals surface area (Å²) in [5.74, 6) is 3.38. The summed E-state index contributed by atoms with van der Waals surface area (Å²) in [5, 5.41) is 4.84. The van der Waals surface area contributed by atoms with Gasteiger partial charge in [0.1, 0.15) is 5.82 Å². The normalized spacial score (nSPS) is 26.8. The number of hydrazine groups is 1. The first-order valence-corrected chi connectivity index (χ1v) is 9.19. The minimum atomic E-state index is 0.462. The van der Waals surface area contributed by atoms with E-state index in [4.69, 9.17) is 10.1 Å². The second kappa shape index (κ2) is 6.65. The zero-order valence-electron chi connectivity index (χ0n) is 14.6. The monoisotopic (exact) mass is 325 g/mol. The maximum Gasteiger partial charge on any atom is 0.154 e. The van der Waals surface area contributed by atoms with E-state index in [2.05, 4.69) is 59.7 Å². The minimum absolute atomic E-state index is 0.462. The van der Waals surface area contributed by atoms with Crippen molar-refractivity contribution < 1.29 is 0 Å². The van der Waals surface area contributed by atoms with Crippen LogP contribution in [0.1, 0.15) is 49.8 Å². The van der Waals surface area contributed by atoms with Gasteiger partial charge in [-0.3, -0.25) is 10.9 Å². The summed E-state index contributed by atoms with van der Waals surface area (Å²) in [5.41, 5.74) is 8.06. The Kier molecular flexibility index (Phi) is 4.37. The van der Waals surface area contributed by atoms with Crippen LogP contribution in [-0.2, 0) is 19.4 Å². The first kappa shape index (κ1) is 15.8. The minimum Gasteiger partial charge on any atom is -0.254 e. The molecule has 2 heterocycles. The Balaban J connectivity index is 1.51. The predicted octanol–water partition coefficient (Wildman–Crippen LogP) is 2.44. The molecule has 1 aliphatic heterocycles. The highest BCUT2D eigenvalue weighted by atomic mass is 15.4. The first-order chi connectivity index (χ1) is 11.7. The summed E-state index contributed by atoms with van der Waals surface area (Å²) < 4.78 is 2.17. The van der Waals surface area contributed by atoms with Gasteiger partial charge in [-0.25, -0.2) is 9.67 Å². The Hall–Kier alpha value is -1.72. The lowest BCUT2D eigenvalue weighted by molar-refractivity contribution is 0.418. The fraction of sp³-hybridized carbons (Fsp3) is 0.579. The molecule has 0 amide bonds. The van der Waals surface area contributed by atoms with Crippen LogP contribution in [0.2, 0.25) is 0 Å². The van der Waals surface area contributed by atoms with Crippen molar-refractivity contribution in [3.05, 3.63) is 47.5 Å². The molecule has 4 rings (SSSR count). The van der Waals surface area contributed by atoms with E-state index in [1.165, 1.54) is 18.4 Å². The maximum atomic E-state index is 4.91. The van der Waals surface area contributed by atoms with E-state index in [1.807, 2.05) is 0 Å². The molecule has 0 bridgehead atoms. The number of nitrogens with one attached hydrogen (secondary N) is 2. The van der Waals surface area contributed by atoms with Gasteiger partial charge in [-0.2, -0.15) is 5.10 Å². The summed E-state index contributed by atoms with van der Waals surface area (Å²) >= 11 is 0. The van der Waals surface area contributed by atoms with E-state index in [-0.39, 0.29) is 0 Å². The van der Waals surface area contributed by atoms with E-state index < -0.39 is 0 Å². The highest BCUT2D eigenvalue weighted by Crippen LogP contribution is 2.38. The molecular formula is C19H27N5. The smallest absolute Gasteiger partial charge is 0.154 e. The van der Waals surface area contributed by atoms with Crippen LogP contribution in [0, 0.1) is 5.92 Å². The maximum absolute atomic E-state index is 4.91. The fourth-order valence-corrected chi connectivity index (χ4v) is 3.59. The highest BCUT2D eigenvalue weighted by molar-refractivity contribution is 5.15. The first-order valence-electron chi connectivity index (χ1n) is 9.19. The van der Waals surface area contributed by atoms with Crippen molar-refractivity contribution >= 4 is 0 Å². The van der Waals surface area contributed by atoms with Gasteiger partial charge >= 0.3 is 0 Å². The lowest BCUT2D eigenvalue weighted by Crippen LogP contribution is -2.30. The Labute approximate surface area is 143 Å². The number of aryl methyl sites for hydroxylation is 2. The van der Waals surface area contributed by atoms with Crippen LogP contribution in [0.5, 0.6) is 0 Å². The third-order valence-electron chi connectivity index (χ3n) is 5.40. The Morgan fingerprint density at radius 2 is 1.79 bits per heavy atom. The molecule has 1 aromatic carbocycles. The second-order valence-electron chi connectivity index (χ2n) is 7.35. The summed E-state index contributed by atoms with van der Waals surface area (Å²) in [6.45, 7) is 5.40. The molecule has 5 heteroatoms. The van der Waals surface area contributed by atoms with Crippen LogP contribution in [0.15, 0.2) is 30.3 Å². The number of hydrogen-bond acceptors (Lipinski definition) is 4. The average molecular weight is 325 g/mol. The van der Waals surface area contributed by atoms with Crippen LogP contribution >= 0.6 is 0 Å². The molecule has 2 aliphatic rings. The molecule has 0 spiro atoms. The molecule has 0 radical (unpaired) electrons. The molecule has 5 nitrogen and oxygen atoms in total. The number of benzene rings is 1. The van der Waals surface area contributed by atoms with Crippen LogP contribution < -0.4 is 10.9 Å². The van der Waals surface area contributed by atoms with Crippen LogP contribution in [0.25, 0.3) is 0 Å². The van der Waals surface area contributed by atoms with Crippen molar-refractivity contribution in [3.63, 3.8) is 0 Å². The molecule has 2 aromatic rings. The molecule has 2 atom stereocenters. The van der Waals surface area contributed by atoms with Crippen LogP contribution in [0.4, 0.5) is 0 Å². The van der Waals surface area contributed by atoms with E-state index in [1.54, 1.807) is 0 Å². The summed E-state index contributed by atoms with van der Waals surface area (Å²) in [6, 6.07) is 11.6. The van der Waals surface area contributed by atoms with Gasteiger partial charge in [0.25, 0.3) is 0 Å². The molecule has 2 N–H and O–H groups in total. The largest absolute Gasteiger partial charge is 0.254 e. The predicted molar refractivity (Wildman–Crippen MR) is 94.5 cm³/mol. The van der Waals surface area contributed by atoms with Gasteiger partial charge < -0.3 is 0 Å². The lowest BCUT2D eigenvalue weighted by Gasteiger charge is -2.17. The molecule has 1 aliphatic carbocycles. The van der Waals surface area contributed by atoms with Crippen molar-refractivity contribution in [2.24, 2.45) is 5.92 Å². The van der Waals surface area contributed by atoms with Crippen molar-refractivity contribution in [2.75, 3.05) is 0 Å². The van der Waals surface area contributed by atoms with Crippen LogP contribution in [0.3, 0.4) is 0 Å². The van der Waals surface area contributed by atoms with Gasteiger partial charge in [-0.05, 0) is 44.6 Å². The number of hydrogen-bond donors (Lipinski definition) is 2. The van der Waals surface area contributed by atoms with Crippen molar-refractivity contribution in [3.8, 4) is 0 Å². The molecule has 1 saturated heterocycles. The second-order valence-corrected chi connectivity index (χ2v) is 7.35. The fourth-order valence-electron chi connectivity index (χ4n) is 3.59. The molecule has 2 fully saturated rings. The number of aromatic nitrogens is 3. The third-order valence-corrected chi connectivity index (χ3v) is 5.40. The van der Waals surface area contributed by atoms with E-state index >= 15 is 0 Å². The molecule has 1 saturated carbocycles. The summed E-state index contributed by atoms with van der Waals surface area (Å²) in [7, 11) is 0. The van der Waals surface area contributed by atoms with Gasteiger partial charge in [-0.1, -0.05) is 30.3 Å². The molecule has 2 unspecified atom stereocenters. The lowest BCUT2D eigenvalue weighted by atomic mass is 9.93. The molecular weight excluding hydrogens is 298 g/mol. The number of nitrogens with zero attached hydrogens (tertiary/aromatic N) is 3. The number of rotatable bonds is 6. The van der Waals surface area contributed by atoms with Gasteiger partial charge in [0.15, 0.2) is 5.82 Å². The highest BCUT2D eigenvalue weighted by Gasteiger charge is 2.33. The topological polar surface area (TPSA) is 54.8 Å². The zero-order chi connectivity index (χ0) is 16.5.